The summed E-state index contributed by atoms with van der Waals surface area (Å²) in [5.74, 6) is 0.207. The average molecular weight is 171 g/mol. The first-order chi connectivity index (χ1) is 5.49. The summed E-state index contributed by atoms with van der Waals surface area (Å²) in [6.07, 6.45) is 0. The lowest BCUT2D eigenvalue weighted by Gasteiger charge is -2.12. The lowest BCUT2D eigenvalue weighted by Crippen LogP contribution is -2.23. The molecule has 0 saturated carbocycles. The fourth-order valence-corrected chi connectivity index (χ4v) is 0.824. The molecular formula is C9H17NO2. The van der Waals surface area contributed by atoms with Gasteiger partial charge in [0.1, 0.15) is 0 Å². The van der Waals surface area contributed by atoms with Gasteiger partial charge >= 0.3 is 0 Å². The second-order valence-corrected chi connectivity index (χ2v) is 3.16. The minimum Gasteiger partial charge on any atom is -0.390 e. The molecule has 0 bridgehead atoms. The molecule has 12 heavy (non-hydrogen) atoms. The van der Waals surface area contributed by atoms with Gasteiger partial charge in [-0.3, -0.25) is 4.79 Å². The quantitative estimate of drug-likeness (QED) is 0.666. The molecule has 0 fully saturated rings. The van der Waals surface area contributed by atoms with Crippen LogP contribution in [0.15, 0.2) is 11.3 Å². The van der Waals surface area contributed by atoms with Crippen molar-refractivity contribution in [3.8, 4) is 0 Å². The second-order valence-electron chi connectivity index (χ2n) is 3.16. The van der Waals surface area contributed by atoms with Crippen molar-refractivity contribution < 1.29 is 9.90 Å². The van der Waals surface area contributed by atoms with E-state index in [1.54, 1.807) is 0 Å². The van der Waals surface area contributed by atoms with Crippen molar-refractivity contribution in [1.29, 1.82) is 0 Å². The Labute approximate surface area is 73.5 Å². The molecule has 0 heterocycles. The lowest BCUT2D eigenvalue weighted by molar-refractivity contribution is -0.118. The van der Waals surface area contributed by atoms with Gasteiger partial charge in [0.15, 0.2) is 0 Å². The number of rotatable bonds is 3. The summed E-state index contributed by atoms with van der Waals surface area (Å²) in [6.45, 7) is 7.28. The fraction of sp³-hybridized carbons (Fsp3) is 0.667. The Kier molecular flexibility index (Phi) is 4.59. The predicted octanol–water partition coefficient (Wildman–Crippen LogP) is 1.04. The van der Waals surface area contributed by atoms with Gasteiger partial charge in [-0.2, -0.15) is 0 Å². The monoisotopic (exact) mass is 171 g/mol. The number of nitrogens with one attached hydrogen (secondary N) is 1. The van der Waals surface area contributed by atoms with E-state index in [0.29, 0.717) is 11.6 Å². The van der Waals surface area contributed by atoms with Crippen molar-refractivity contribution in [2.75, 3.05) is 6.61 Å². The highest BCUT2D eigenvalue weighted by molar-refractivity contribution is 5.75. The minimum atomic E-state index is -0.140. The Morgan fingerprint density at radius 3 is 2.17 bits per heavy atom. The average Bonchev–Trinajstić information content (AvgIpc) is 1.98. The van der Waals surface area contributed by atoms with E-state index < -0.39 is 0 Å². The number of allylic oxidation sites excluding steroid dienone is 1. The van der Waals surface area contributed by atoms with Crippen LogP contribution in [0, 0.1) is 5.92 Å². The van der Waals surface area contributed by atoms with Gasteiger partial charge in [0.05, 0.1) is 6.61 Å². The summed E-state index contributed by atoms with van der Waals surface area (Å²) in [7, 11) is 0. The van der Waals surface area contributed by atoms with Gasteiger partial charge in [-0.1, -0.05) is 13.8 Å². The van der Waals surface area contributed by atoms with Crippen molar-refractivity contribution in [3.63, 3.8) is 0 Å². The zero-order chi connectivity index (χ0) is 9.72. The molecule has 0 saturated heterocycles. The Balaban J connectivity index is 4.50. The van der Waals surface area contributed by atoms with E-state index in [4.69, 9.17) is 5.11 Å². The standard InChI is InChI=1S/C9H17NO2/c1-6(2)7(3)9(5-11)10-8(4)12/h6,11H,5H2,1-4H3,(H,10,12)/b9-7+. The van der Waals surface area contributed by atoms with Crippen LogP contribution >= 0.6 is 0 Å². The highest BCUT2D eigenvalue weighted by atomic mass is 16.3. The highest BCUT2D eigenvalue weighted by Crippen LogP contribution is 2.11. The third kappa shape index (κ3) is 3.53. The molecule has 0 radical (unpaired) electrons. The molecular weight excluding hydrogens is 154 g/mol. The Morgan fingerprint density at radius 1 is 1.42 bits per heavy atom. The first-order valence-corrected chi connectivity index (χ1v) is 4.07. The van der Waals surface area contributed by atoms with Crippen LogP contribution in [0.1, 0.15) is 27.7 Å². The van der Waals surface area contributed by atoms with E-state index in [1.165, 1.54) is 6.92 Å². The molecule has 0 spiro atoms. The third-order valence-corrected chi connectivity index (χ3v) is 1.83. The number of carbonyl (C=O) groups is 1. The Morgan fingerprint density at radius 2 is 1.92 bits per heavy atom. The maximum atomic E-state index is 10.7. The number of carbonyl (C=O) groups excluding carboxylic acids is 1. The molecule has 0 aromatic heterocycles. The topological polar surface area (TPSA) is 49.3 Å². The van der Waals surface area contributed by atoms with E-state index in [9.17, 15) is 4.79 Å². The maximum Gasteiger partial charge on any atom is 0.221 e. The maximum absolute atomic E-state index is 10.7. The fourth-order valence-electron chi connectivity index (χ4n) is 0.824. The van der Waals surface area contributed by atoms with Crippen molar-refractivity contribution in [1.82, 2.24) is 5.32 Å². The van der Waals surface area contributed by atoms with Crippen LogP contribution in [0.25, 0.3) is 0 Å². The van der Waals surface area contributed by atoms with Crippen molar-refractivity contribution in [2.45, 2.75) is 27.7 Å². The smallest absolute Gasteiger partial charge is 0.221 e. The number of amides is 1. The molecule has 0 aliphatic heterocycles. The van der Waals surface area contributed by atoms with Gasteiger partial charge in [-0.05, 0) is 18.4 Å². The summed E-state index contributed by atoms with van der Waals surface area (Å²) < 4.78 is 0. The molecule has 0 aliphatic rings. The molecule has 0 unspecified atom stereocenters. The Bertz CT molecular complexity index is 195. The first-order valence-electron chi connectivity index (χ1n) is 4.07. The molecule has 0 aromatic rings. The van der Waals surface area contributed by atoms with Crippen LogP contribution in [-0.4, -0.2) is 17.6 Å². The van der Waals surface area contributed by atoms with Crippen LogP contribution < -0.4 is 5.32 Å². The van der Waals surface area contributed by atoms with Crippen LogP contribution in [0.3, 0.4) is 0 Å². The number of aliphatic hydroxyl groups is 1. The van der Waals surface area contributed by atoms with E-state index in [-0.39, 0.29) is 12.5 Å². The molecule has 0 aromatic carbocycles. The predicted molar refractivity (Wildman–Crippen MR) is 48.4 cm³/mol. The Hall–Kier alpha value is -0.830. The second kappa shape index (κ2) is 4.93. The summed E-state index contributed by atoms with van der Waals surface area (Å²) in [5.41, 5.74) is 1.64. The van der Waals surface area contributed by atoms with E-state index >= 15 is 0 Å². The van der Waals surface area contributed by atoms with Gasteiger partial charge in [0.25, 0.3) is 0 Å². The summed E-state index contributed by atoms with van der Waals surface area (Å²) in [4.78, 5) is 10.7. The number of aliphatic hydroxyl groups excluding tert-OH is 1. The lowest BCUT2D eigenvalue weighted by atomic mass is 10.0. The molecule has 3 nitrogen and oxygen atoms in total. The third-order valence-electron chi connectivity index (χ3n) is 1.83. The molecule has 70 valence electrons. The van der Waals surface area contributed by atoms with E-state index in [2.05, 4.69) is 5.32 Å². The van der Waals surface area contributed by atoms with Crippen LogP contribution in [-0.2, 0) is 4.79 Å². The largest absolute Gasteiger partial charge is 0.390 e. The van der Waals surface area contributed by atoms with Crippen molar-refractivity contribution in [3.05, 3.63) is 11.3 Å². The molecule has 0 atom stereocenters. The van der Waals surface area contributed by atoms with Gasteiger partial charge in [-0.25, -0.2) is 0 Å². The van der Waals surface area contributed by atoms with Crippen LogP contribution in [0.4, 0.5) is 0 Å². The van der Waals surface area contributed by atoms with Gasteiger partial charge in [-0.15, -0.1) is 0 Å². The summed E-state index contributed by atoms with van der Waals surface area (Å²) in [6, 6.07) is 0. The number of hydrogen-bond donors (Lipinski definition) is 2. The van der Waals surface area contributed by atoms with E-state index in [1.807, 2.05) is 20.8 Å². The van der Waals surface area contributed by atoms with Gasteiger partial charge in [0.2, 0.25) is 5.91 Å². The molecule has 3 heteroatoms. The zero-order valence-corrected chi connectivity index (χ0v) is 8.14. The van der Waals surface area contributed by atoms with Crippen molar-refractivity contribution >= 4 is 5.91 Å². The SMILES string of the molecule is CC(=O)N/C(CO)=C(\C)C(C)C. The van der Waals surface area contributed by atoms with Gasteiger partial charge in [0, 0.05) is 12.6 Å². The molecule has 0 aliphatic carbocycles. The van der Waals surface area contributed by atoms with Crippen LogP contribution in [0.2, 0.25) is 0 Å². The number of hydrogen-bond acceptors (Lipinski definition) is 2. The molecule has 2 N–H and O–H groups in total. The highest BCUT2D eigenvalue weighted by Gasteiger charge is 2.05. The van der Waals surface area contributed by atoms with Crippen molar-refractivity contribution in [2.24, 2.45) is 5.92 Å². The minimum absolute atomic E-state index is 0.108. The molecule has 0 rings (SSSR count). The van der Waals surface area contributed by atoms with E-state index in [0.717, 1.165) is 5.57 Å². The first kappa shape index (κ1) is 11.2. The zero-order valence-electron chi connectivity index (χ0n) is 8.14. The molecule has 1 amide bonds. The van der Waals surface area contributed by atoms with Gasteiger partial charge < -0.3 is 10.4 Å². The van der Waals surface area contributed by atoms with Crippen LogP contribution in [0.5, 0.6) is 0 Å². The normalized spacial score (nSPS) is 12.8. The summed E-state index contributed by atoms with van der Waals surface area (Å²) >= 11 is 0. The summed E-state index contributed by atoms with van der Waals surface area (Å²) in [5, 5.41) is 11.5.